The van der Waals surface area contributed by atoms with E-state index in [1.54, 1.807) is 25.1 Å². The largest absolute Gasteiger partial charge is 0.490 e. The Bertz CT molecular complexity index is 1480. The average Bonchev–Trinajstić information content (AvgIpc) is 2.89. The van der Waals surface area contributed by atoms with E-state index in [1.165, 1.54) is 18.2 Å². The lowest BCUT2D eigenvalue weighted by atomic mass is 10.1. The number of imide groups is 2. The van der Waals surface area contributed by atoms with Crippen LogP contribution in [-0.4, -0.2) is 37.0 Å². The highest BCUT2D eigenvalue weighted by molar-refractivity contribution is 6.39. The number of amides is 5. The van der Waals surface area contributed by atoms with Crippen molar-refractivity contribution < 1.29 is 33.0 Å². The second kappa shape index (κ2) is 11.6. The second-order valence-electron chi connectivity index (χ2n) is 8.71. The number of carbonyl (C=O) groups is 4. The number of ether oxygens (including phenoxy) is 2. The molecule has 1 aliphatic heterocycles. The van der Waals surface area contributed by atoms with Crippen LogP contribution in [0.15, 0.2) is 66.2 Å². The molecule has 0 bridgehead atoms. The van der Waals surface area contributed by atoms with Crippen molar-refractivity contribution in [3.05, 3.63) is 88.7 Å². The number of urea groups is 1. The molecule has 4 rings (SSSR count). The first kappa shape index (κ1) is 27.1. The molecule has 0 saturated carbocycles. The summed E-state index contributed by atoms with van der Waals surface area (Å²) in [6.07, 6.45) is 1.30. The van der Waals surface area contributed by atoms with Crippen LogP contribution in [0.1, 0.15) is 23.6 Å². The zero-order chi connectivity index (χ0) is 28.1. The van der Waals surface area contributed by atoms with Crippen molar-refractivity contribution in [2.24, 2.45) is 0 Å². The zero-order valence-corrected chi connectivity index (χ0v) is 21.5. The van der Waals surface area contributed by atoms with Gasteiger partial charge in [0.1, 0.15) is 11.4 Å². The van der Waals surface area contributed by atoms with Crippen molar-refractivity contribution in [2.45, 2.75) is 20.8 Å². The van der Waals surface area contributed by atoms with Crippen LogP contribution in [0.2, 0.25) is 0 Å². The van der Waals surface area contributed by atoms with Crippen LogP contribution in [0.3, 0.4) is 0 Å². The molecule has 0 spiro atoms. The number of nitrogens with zero attached hydrogens (tertiary/aromatic N) is 1. The van der Waals surface area contributed by atoms with Crippen LogP contribution >= 0.6 is 0 Å². The van der Waals surface area contributed by atoms with E-state index in [4.69, 9.17) is 9.47 Å². The van der Waals surface area contributed by atoms with E-state index in [1.807, 2.05) is 32.0 Å². The Morgan fingerprint density at radius 2 is 1.69 bits per heavy atom. The van der Waals surface area contributed by atoms with Crippen LogP contribution in [0.25, 0.3) is 6.08 Å². The number of benzene rings is 3. The molecule has 39 heavy (non-hydrogen) atoms. The van der Waals surface area contributed by atoms with Gasteiger partial charge in [0, 0.05) is 5.69 Å². The molecule has 0 radical (unpaired) electrons. The molecule has 5 amide bonds. The fourth-order valence-electron chi connectivity index (χ4n) is 3.81. The summed E-state index contributed by atoms with van der Waals surface area (Å²) in [6.45, 7) is 5.72. The molecule has 10 heteroatoms. The third-order valence-electron chi connectivity index (χ3n) is 5.91. The summed E-state index contributed by atoms with van der Waals surface area (Å²) in [4.78, 5) is 51.1. The Morgan fingerprint density at radius 1 is 0.949 bits per heavy atom. The molecule has 3 aromatic rings. The number of aryl methyl sites for hydroxylation is 2. The number of carbonyl (C=O) groups excluding carboxylic acids is 4. The molecule has 0 unspecified atom stereocenters. The van der Waals surface area contributed by atoms with E-state index in [9.17, 15) is 23.6 Å². The van der Waals surface area contributed by atoms with E-state index in [2.05, 4.69) is 10.6 Å². The maximum Gasteiger partial charge on any atom is 0.335 e. The SMILES string of the molecule is CCOc1cc(/C=C2\C(=O)NC(=O)N(c3ccc(F)cc3)C2=O)ccc1OCC(=O)Nc1ccc(C)c(C)c1. The zero-order valence-electron chi connectivity index (χ0n) is 21.5. The molecule has 3 aromatic carbocycles. The van der Waals surface area contributed by atoms with Gasteiger partial charge in [0.2, 0.25) is 0 Å². The van der Waals surface area contributed by atoms with Crippen molar-refractivity contribution >= 4 is 41.2 Å². The first-order chi connectivity index (χ1) is 18.7. The van der Waals surface area contributed by atoms with Crippen LogP contribution in [-0.2, 0) is 14.4 Å². The van der Waals surface area contributed by atoms with E-state index >= 15 is 0 Å². The minimum atomic E-state index is -0.938. The highest BCUT2D eigenvalue weighted by atomic mass is 19.1. The molecular formula is C29H26FN3O6. The van der Waals surface area contributed by atoms with Gasteiger partial charge in [-0.05, 0) is 92.1 Å². The monoisotopic (exact) mass is 531 g/mol. The third kappa shape index (κ3) is 6.30. The lowest BCUT2D eigenvalue weighted by Gasteiger charge is -2.26. The summed E-state index contributed by atoms with van der Waals surface area (Å²) in [7, 11) is 0. The summed E-state index contributed by atoms with van der Waals surface area (Å²) in [5.74, 6) is -2.05. The smallest absolute Gasteiger partial charge is 0.335 e. The Balaban J connectivity index is 1.52. The number of halogens is 1. The van der Waals surface area contributed by atoms with Gasteiger partial charge in [0.05, 0.1) is 12.3 Å². The fraction of sp³-hybridized carbons (Fsp3) is 0.172. The molecule has 0 atom stereocenters. The first-order valence-electron chi connectivity index (χ1n) is 12.1. The minimum Gasteiger partial charge on any atom is -0.490 e. The van der Waals surface area contributed by atoms with Gasteiger partial charge < -0.3 is 14.8 Å². The summed E-state index contributed by atoms with van der Waals surface area (Å²) < 4.78 is 24.6. The predicted molar refractivity (Wildman–Crippen MR) is 143 cm³/mol. The van der Waals surface area contributed by atoms with Gasteiger partial charge >= 0.3 is 6.03 Å². The number of hydrogen-bond acceptors (Lipinski definition) is 6. The number of nitrogens with one attached hydrogen (secondary N) is 2. The molecule has 0 aromatic heterocycles. The fourth-order valence-corrected chi connectivity index (χ4v) is 3.81. The summed E-state index contributed by atoms with van der Waals surface area (Å²) >= 11 is 0. The Morgan fingerprint density at radius 3 is 2.38 bits per heavy atom. The van der Waals surface area contributed by atoms with Crippen LogP contribution < -0.4 is 25.0 Å². The molecular weight excluding hydrogens is 505 g/mol. The summed E-state index contributed by atoms with van der Waals surface area (Å²) in [5.41, 5.74) is 3.03. The molecule has 9 nitrogen and oxygen atoms in total. The topological polar surface area (TPSA) is 114 Å². The summed E-state index contributed by atoms with van der Waals surface area (Å²) in [6, 6.07) is 14.0. The van der Waals surface area contributed by atoms with Gasteiger partial charge in [-0.3, -0.25) is 19.7 Å². The molecule has 200 valence electrons. The van der Waals surface area contributed by atoms with E-state index in [0.29, 0.717) is 17.0 Å². The highest BCUT2D eigenvalue weighted by Gasteiger charge is 2.36. The van der Waals surface area contributed by atoms with E-state index in [-0.39, 0.29) is 36.1 Å². The van der Waals surface area contributed by atoms with Gasteiger partial charge in [0.15, 0.2) is 18.1 Å². The maximum atomic E-state index is 13.3. The van der Waals surface area contributed by atoms with Crippen molar-refractivity contribution in [3.8, 4) is 11.5 Å². The Labute approximate surface area is 224 Å². The quantitative estimate of drug-likeness (QED) is 0.326. The lowest BCUT2D eigenvalue weighted by Crippen LogP contribution is -2.54. The third-order valence-corrected chi connectivity index (χ3v) is 5.91. The number of anilines is 2. The van der Waals surface area contributed by atoms with Gasteiger partial charge in [0.25, 0.3) is 17.7 Å². The van der Waals surface area contributed by atoms with Crippen molar-refractivity contribution in [3.63, 3.8) is 0 Å². The van der Waals surface area contributed by atoms with Gasteiger partial charge in [-0.25, -0.2) is 14.1 Å². The molecule has 1 fully saturated rings. The standard InChI is InChI=1S/C29H26FN3O6/c1-4-38-25-15-19(6-12-24(25)39-16-26(34)31-21-9-5-17(2)18(3)13-21)14-23-27(35)32-29(37)33(28(23)36)22-10-7-20(30)8-11-22/h5-15H,4,16H2,1-3H3,(H,31,34)(H,32,35,37)/b23-14+. The van der Waals surface area contributed by atoms with Crippen molar-refractivity contribution in [1.29, 1.82) is 0 Å². The summed E-state index contributed by atoms with van der Waals surface area (Å²) in [5, 5.41) is 4.90. The molecule has 1 saturated heterocycles. The number of barbiturate groups is 1. The van der Waals surface area contributed by atoms with Crippen LogP contribution in [0.5, 0.6) is 11.5 Å². The minimum absolute atomic E-state index is 0.107. The van der Waals surface area contributed by atoms with Crippen molar-refractivity contribution in [2.75, 3.05) is 23.4 Å². The first-order valence-corrected chi connectivity index (χ1v) is 12.1. The van der Waals surface area contributed by atoms with Crippen molar-refractivity contribution in [1.82, 2.24) is 5.32 Å². The van der Waals surface area contributed by atoms with Crippen LogP contribution in [0, 0.1) is 19.7 Å². The second-order valence-corrected chi connectivity index (χ2v) is 8.71. The Hall–Kier alpha value is -4.99. The molecule has 2 N–H and O–H groups in total. The highest BCUT2D eigenvalue weighted by Crippen LogP contribution is 2.30. The van der Waals surface area contributed by atoms with Crippen LogP contribution in [0.4, 0.5) is 20.6 Å². The maximum absolute atomic E-state index is 13.3. The van der Waals surface area contributed by atoms with E-state index < -0.39 is 23.7 Å². The van der Waals surface area contributed by atoms with E-state index in [0.717, 1.165) is 28.2 Å². The lowest BCUT2D eigenvalue weighted by molar-refractivity contribution is -0.122. The normalized spacial score (nSPS) is 14.3. The number of rotatable bonds is 8. The van der Waals surface area contributed by atoms with Gasteiger partial charge in [-0.15, -0.1) is 0 Å². The van der Waals surface area contributed by atoms with Gasteiger partial charge in [-0.1, -0.05) is 12.1 Å². The Kier molecular flexibility index (Phi) is 8.04. The predicted octanol–water partition coefficient (Wildman–Crippen LogP) is 4.53. The number of hydrogen-bond donors (Lipinski definition) is 2. The van der Waals surface area contributed by atoms with Gasteiger partial charge in [-0.2, -0.15) is 0 Å². The average molecular weight is 532 g/mol. The molecule has 1 aliphatic rings. The molecule has 0 aliphatic carbocycles. The molecule has 1 heterocycles.